The van der Waals surface area contributed by atoms with Crippen LogP contribution in [-0.4, -0.2) is 23.1 Å². The van der Waals surface area contributed by atoms with E-state index in [0.717, 1.165) is 30.3 Å². The van der Waals surface area contributed by atoms with E-state index in [0.29, 0.717) is 5.95 Å². The molecule has 0 bridgehead atoms. The first-order chi connectivity index (χ1) is 9.70. The Kier molecular flexibility index (Phi) is 3.41. The number of benzene rings is 1. The lowest BCUT2D eigenvalue weighted by Gasteiger charge is -2.17. The van der Waals surface area contributed by atoms with E-state index in [9.17, 15) is 0 Å². The normalized spacial score (nSPS) is 14.6. The standard InChI is InChI=1S/C15H19N5/c1-11-10-14(19-15(16)17-11)18-12-4-6-13(7-5-12)20-8-2-3-9-20/h4-7,10H,2-3,8-9H2,1H3,(H3,16,17,18,19). The molecule has 0 aliphatic carbocycles. The summed E-state index contributed by atoms with van der Waals surface area (Å²) in [6.45, 7) is 4.22. The highest BCUT2D eigenvalue weighted by molar-refractivity contribution is 5.61. The molecule has 5 nitrogen and oxygen atoms in total. The van der Waals surface area contributed by atoms with Crippen LogP contribution in [0.4, 0.5) is 23.1 Å². The van der Waals surface area contributed by atoms with Crippen LogP contribution in [0.5, 0.6) is 0 Å². The smallest absolute Gasteiger partial charge is 0.222 e. The van der Waals surface area contributed by atoms with Gasteiger partial charge >= 0.3 is 0 Å². The summed E-state index contributed by atoms with van der Waals surface area (Å²) in [6.07, 6.45) is 2.58. The molecular formula is C15H19N5. The third-order valence-electron chi connectivity index (χ3n) is 3.48. The molecule has 0 spiro atoms. The Hall–Kier alpha value is -2.30. The highest BCUT2D eigenvalue weighted by atomic mass is 15.1. The Morgan fingerprint density at radius 3 is 2.45 bits per heavy atom. The molecule has 0 unspecified atom stereocenters. The Morgan fingerprint density at radius 2 is 1.80 bits per heavy atom. The summed E-state index contributed by atoms with van der Waals surface area (Å²) in [4.78, 5) is 10.6. The summed E-state index contributed by atoms with van der Waals surface area (Å²) in [5, 5.41) is 3.25. The molecule has 2 heterocycles. The predicted molar refractivity (Wildman–Crippen MR) is 82.4 cm³/mol. The molecule has 1 aliphatic heterocycles. The number of nitrogens with one attached hydrogen (secondary N) is 1. The van der Waals surface area contributed by atoms with Gasteiger partial charge in [0.1, 0.15) is 5.82 Å². The minimum atomic E-state index is 0.293. The number of hydrogen-bond acceptors (Lipinski definition) is 5. The third kappa shape index (κ3) is 2.82. The Labute approximate surface area is 118 Å². The summed E-state index contributed by atoms with van der Waals surface area (Å²) in [5.74, 6) is 1.02. The van der Waals surface area contributed by atoms with Gasteiger partial charge in [0.05, 0.1) is 0 Å². The summed E-state index contributed by atoms with van der Waals surface area (Å²) >= 11 is 0. The van der Waals surface area contributed by atoms with Crippen LogP contribution in [0, 0.1) is 6.92 Å². The lowest BCUT2D eigenvalue weighted by atomic mass is 10.2. The SMILES string of the molecule is Cc1cc(Nc2ccc(N3CCCC3)cc2)nc(N)n1. The minimum Gasteiger partial charge on any atom is -0.372 e. The zero-order valence-electron chi connectivity index (χ0n) is 11.6. The Bertz CT molecular complexity index is 567. The highest BCUT2D eigenvalue weighted by Crippen LogP contribution is 2.23. The van der Waals surface area contributed by atoms with Crippen molar-refractivity contribution >= 4 is 23.1 Å². The molecular weight excluding hydrogens is 250 g/mol. The average molecular weight is 269 g/mol. The van der Waals surface area contributed by atoms with E-state index in [-0.39, 0.29) is 0 Å². The van der Waals surface area contributed by atoms with Gasteiger partial charge in [-0.2, -0.15) is 4.98 Å². The van der Waals surface area contributed by atoms with Crippen molar-refractivity contribution in [3.8, 4) is 0 Å². The van der Waals surface area contributed by atoms with Gasteiger partial charge in [-0.25, -0.2) is 4.98 Å². The average Bonchev–Trinajstić information content (AvgIpc) is 2.92. The van der Waals surface area contributed by atoms with Crippen LogP contribution < -0.4 is 16.0 Å². The van der Waals surface area contributed by atoms with Crippen LogP contribution in [0.3, 0.4) is 0 Å². The van der Waals surface area contributed by atoms with E-state index in [1.165, 1.54) is 18.5 Å². The maximum Gasteiger partial charge on any atom is 0.222 e. The van der Waals surface area contributed by atoms with E-state index in [4.69, 9.17) is 5.73 Å². The van der Waals surface area contributed by atoms with E-state index in [1.54, 1.807) is 0 Å². The summed E-state index contributed by atoms with van der Waals surface area (Å²) in [6, 6.07) is 10.3. The van der Waals surface area contributed by atoms with E-state index >= 15 is 0 Å². The second-order valence-electron chi connectivity index (χ2n) is 5.12. The number of hydrogen-bond donors (Lipinski definition) is 2. The van der Waals surface area contributed by atoms with Crippen molar-refractivity contribution in [2.45, 2.75) is 19.8 Å². The molecule has 1 aromatic carbocycles. The Balaban J connectivity index is 1.74. The monoisotopic (exact) mass is 269 g/mol. The van der Waals surface area contributed by atoms with Crippen molar-refractivity contribution in [1.29, 1.82) is 0 Å². The fraction of sp³-hybridized carbons (Fsp3) is 0.333. The topological polar surface area (TPSA) is 67.1 Å². The molecule has 20 heavy (non-hydrogen) atoms. The maximum absolute atomic E-state index is 5.65. The first-order valence-electron chi connectivity index (χ1n) is 6.94. The second-order valence-corrected chi connectivity index (χ2v) is 5.12. The fourth-order valence-corrected chi connectivity index (χ4v) is 2.53. The van der Waals surface area contributed by atoms with Crippen LogP contribution in [0.1, 0.15) is 18.5 Å². The largest absolute Gasteiger partial charge is 0.372 e. The van der Waals surface area contributed by atoms with E-state index in [1.807, 2.05) is 13.0 Å². The van der Waals surface area contributed by atoms with Gasteiger partial charge in [-0.3, -0.25) is 0 Å². The molecule has 3 rings (SSSR count). The van der Waals surface area contributed by atoms with E-state index in [2.05, 4.69) is 44.5 Å². The van der Waals surface area contributed by atoms with Crippen molar-refractivity contribution in [1.82, 2.24) is 9.97 Å². The lowest BCUT2D eigenvalue weighted by Crippen LogP contribution is -2.17. The summed E-state index contributed by atoms with van der Waals surface area (Å²) in [5.41, 5.74) is 8.80. The molecule has 2 aromatic rings. The summed E-state index contributed by atoms with van der Waals surface area (Å²) < 4.78 is 0. The number of rotatable bonds is 3. The highest BCUT2D eigenvalue weighted by Gasteiger charge is 2.11. The summed E-state index contributed by atoms with van der Waals surface area (Å²) in [7, 11) is 0. The number of aromatic nitrogens is 2. The van der Waals surface area contributed by atoms with Gasteiger partial charge in [0.25, 0.3) is 0 Å². The quantitative estimate of drug-likeness (QED) is 0.896. The molecule has 3 N–H and O–H groups in total. The molecule has 0 amide bonds. The zero-order chi connectivity index (χ0) is 13.9. The molecule has 0 radical (unpaired) electrons. The third-order valence-corrected chi connectivity index (χ3v) is 3.48. The van der Waals surface area contributed by atoms with Crippen LogP contribution in [-0.2, 0) is 0 Å². The van der Waals surface area contributed by atoms with Crippen molar-refractivity contribution in [3.05, 3.63) is 36.0 Å². The second kappa shape index (κ2) is 5.36. The number of anilines is 4. The molecule has 1 fully saturated rings. The number of aryl methyl sites for hydroxylation is 1. The molecule has 1 aliphatic rings. The van der Waals surface area contributed by atoms with Crippen molar-refractivity contribution < 1.29 is 0 Å². The van der Waals surface area contributed by atoms with Gasteiger partial charge in [0, 0.05) is 36.2 Å². The van der Waals surface area contributed by atoms with Crippen LogP contribution in [0.25, 0.3) is 0 Å². The fourth-order valence-electron chi connectivity index (χ4n) is 2.53. The van der Waals surface area contributed by atoms with E-state index < -0.39 is 0 Å². The molecule has 0 saturated carbocycles. The molecule has 1 saturated heterocycles. The first-order valence-corrected chi connectivity index (χ1v) is 6.94. The van der Waals surface area contributed by atoms with Gasteiger partial charge in [-0.05, 0) is 44.0 Å². The Morgan fingerprint density at radius 1 is 1.10 bits per heavy atom. The van der Waals surface area contributed by atoms with Crippen LogP contribution in [0.15, 0.2) is 30.3 Å². The van der Waals surface area contributed by atoms with Crippen molar-refractivity contribution in [3.63, 3.8) is 0 Å². The number of nitrogen functional groups attached to an aromatic ring is 1. The van der Waals surface area contributed by atoms with Crippen LogP contribution >= 0.6 is 0 Å². The van der Waals surface area contributed by atoms with Gasteiger partial charge in [-0.15, -0.1) is 0 Å². The first kappa shape index (κ1) is 12.7. The molecule has 0 atom stereocenters. The van der Waals surface area contributed by atoms with Crippen molar-refractivity contribution in [2.24, 2.45) is 0 Å². The zero-order valence-corrected chi connectivity index (χ0v) is 11.6. The number of nitrogens with zero attached hydrogens (tertiary/aromatic N) is 3. The molecule has 104 valence electrons. The van der Waals surface area contributed by atoms with Crippen molar-refractivity contribution in [2.75, 3.05) is 29.0 Å². The van der Waals surface area contributed by atoms with Gasteiger partial charge in [-0.1, -0.05) is 0 Å². The number of nitrogens with two attached hydrogens (primary N) is 1. The van der Waals surface area contributed by atoms with Gasteiger partial charge < -0.3 is 16.0 Å². The predicted octanol–water partition coefficient (Wildman–Crippen LogP) is 2.71. The molecule has 5 heteroatoms. The molecule has 1 aromatic heterocycles. The maximum atomic E-state index is 5.65. The lowest BCUT2D eigenvalue weighted by molar-refractivity contribution is 0.949. The van der Waals surface area contributed by atoms with Crippen LogP contribution in [0.2, 0.25) is 0 Å². The minimum absolute atomic E-state index is 0.293. The van der Waals surface area contributed by atoms with Gasteiger partial charge in [0.15, 0.2) is 0 Å². The van der Waals surface area contributed by atoms with Gasteiger partial charge in [0.2, 0.25) is 5.95 Å².